The van der Waals surface area contributed by atoms with E-state index in [-0.39, 0.29) is 5.91 Å². The van der Waals surface area contributed by atoms with Crippen LogP contribution in [0.1, 0.15) is 17.3 Å². The number of carbonyl (C=O) groups is 1. The molecule has 104 valence electrons. The van der Waals surface area contributed by atoms with Gasteiger partial charge < -0.3 is 10.5 Å². The Hall–Kier alpha value is -2.56. The molecule has 0 bridgehead atoms. The first kappa shape index (κ1) is 13.9. The molecule has 1 heterocycles. The van der Waals surface area contributed by atoms with E-state index in [1.54, 1.807) is 43.6 Å². The summed E-state index contributed by atoms with van der Waals surface area (Å²) in [5.41, 5.74) is 6.68. The predicted octanol–water partition coefficient (Wildman–Crippen LogP) is 2.34. The van der Waals surface area contributed by atoms with Crippen LogP contribution in [0.4, 0.5) is 11.5 Å². The van der Waals surface area contributed by atoms with Crippen LogP contribution in [-0.2, 0) is 0 Å². The lowest BCUT2D eigenvalue weighted by molar-refractivity contribution is 0.0989. The summed E-state index contributed by atoms with van der Waals surface area (Å²) in [6.07, 6.45) is 1.64. The number of nitrogens with two attached hydrogens (primary N) is 1. The molecule has 0 atom stereocenters. The number of anilines is 2. The van der Waals surface area contributed by atoms with Gasteiger partial charge in [0.25, 0.3) is 5.91 Å². The Bertz CT molecular complexity index is 599. The fraction of sp³-hybridized carbons (Fsp3) is 0.200. The van der Waals surface area contributed by atoms with E-state index in [1.807, 2.05) is 13.0 Å². The highest BCUT2D eigenvalue weighted by atomic mass is 16.5. The van der Waals surface area contributed by atoms with Crippen LogP contribution in [0.2, 0.25) is 0 Å². The van der Waals surface area contributed by atoms with Crippen LogP contribution in [0.3, 0.4) is 0 Å². The maximum absolute atomic E-state index is 12.6. The molecule has 1 aromatic heterocycles. The van der Waals surface area contributed by atoms with Gasteiger partial charge in [-0.3, -0.25) is 9.69 Å². The van der Waals surface area contributed by atoms with Gasteiger partial charge in [-0.05, 0) is 31.2 Å². The van der Waals surface area contributed by atoms with Gasteiger partial charge in [0, 0.05) is 18.9 Å². The minimum absolute atomic E-state index is 0.245. The zero-order chi connectivity index (χ0) is 14.5. The molecule has 5 heteroatoms. The summed E-state index contributed by atoms with van der Waals surface area (Å²) >= 11 is 0. The van der Waals surface area contributed by atoms with Crippen molar-refractivity contribution >= 4 is 17.4 Å². The smallest absolute Gasteiger partial charge is 0.265 e. The van der Waals surface area contributed by atoms with Gasteiger partial charge in [-0.2, -0.15) is 0 Å². The van der Waals surface area contributed by atoms with Gasteiger partial charge in [-0.15, -0.1) is 0 Å². The van der Waals surface area contributed by atoms with Gasteiger partial charge in [0.1, 0.15) is 17.1 Å². The third-order valence-electron chi connectivity index (χ3n) is 2.87. The Labute approximate surface area is 118 Å². The van der Waals surface area contributed by atoms with Crippen LogP contribution in [0.25, 0.3) is 0 Å². The van der Waals surface area contributed by atoms with Gasteiger partial charge in [0.05, 0.1) is 6.61 Å². The van der Waals surface area contributed by atoms with E-state index in [0.717, 1.165) is 0 Å². The molecule has 0 unspecified atom stereocenters. The number of amides is 1. The van der Waals surface area contributed by atoms with E-state index < -0.39 is 0 Å². The Morgan fingerprint density at radius 1 is 1.30 bits per heavy atom. The van der Waals surface area contributed by atoms with E-state index in [4.69, 9.17) is 10.5 Å². The summed E-state index contributed by atoms with van der Waals surface area (Å²) in [4.78, 5) is 18.2. The average Bonchev–Trinajstić information content (AvgIpc) is 2.47. The van der Waals surface area contributed by atoms with Gasteiger partial charge in [-0.25, -0.2) is 4.98 Å². The molecule has 1 aromatic carbocycles. The van der Waals surface area contributed by atoms with Gasteiger partial charge in [0.15, 0.2) is 0 Å². The molecule has 0 saturated carbocycles. The van der Waals surface area contributed by atoms with Crippen LogP contribution >= 0.6 is 0 Å². The Morgan fingerprint density at radius 3 is 2.75 bits per heavy atom. The highest BCUT2D eigenvalue weighted by Gasteiger charge is 2.21. The maximum atomic E-state index is 12.6. The van der Waals surface area contributed by atoms with Crippen LogP contribution in [0.15, 0.2) is 42.6 Å². The molecule has 0 aliphatic carbocycles. The van der Waals surface area contributed by atoms with Crippen molar-refractivity contribution in [2.45, 2.75) is 6.92 Å². The van der Waals surface area contributed by atoms with E-state index in [2.05, 4.69) is 4.98 Å². The molecule has 0 spiro atoms. The van der Waals surface area contributed by atoms with Crippen LogP contribution in [-0.4, -0.2) is 24.5 Å². The third kappa shape index (κ3) is 2.71. The number of benzene rings is 1. The number of pyridine rings is 1. The van der Waals surface area contributed by atoms with E-state index >= 15 is 0 Å². The standard InChI is InChI=1S/C15H17N3O2/c1-3-20-12-8-6-7-11(16)14(12)15(19)18(2)13-9-4-5-10-17-13/h4-10H,3,16H2,1-2H3. The zero-order valence-corrected chi connectivity index (χ0v) is 11.5. The molecule has 2 N–H and O–H groups in total. The molecule has 1 amide bonds. The van der Waals surface area contributed by atoms with Crippen molar-refractivity contribution in [2.75, 3.05) is 24.3 Å². The van der Waals surface area contributed by atoms with Crippen molar-refractivity contribution in [3.8, 4) is 5.75 Å². The minimum atomic E-state index is -0.245. The molecule has 2 rings (SSSR count). The summed E-state index contributed by atoms with van der Waals surface area (Å²) in [6, 6.07) is 10.6. The number of aromatic nitrogens is 1. The third-order valence-corrected chi connectivity index (χ3v) is 2.87. The molecule has 5 nitrogen and oxygen atoms in total. The molecule has 0 aliphatic rings. The number of nitrogen functional groups attached to an aromatic ring is 1. The molecular weight excluding hydrogens is 254 g/mol. The fourth-order valence-corrected chi connectivity index (χ4v) is 1.88. The molecular formula is C15H17N3O2. The second-order valence-electron chi connectivity index (χ2n) is 4.21. The lowest BCUT2D eigenvalue weighted by Gasteiger charge is -2.19. The first-order chi connectivity index (χ1) is 9.65. The van der Waals surface area contributed by atoms with Crippen molar-refractivity contribution in [1.82, 2.24) is 4.98 Å². The first-order valence-electron chi connectivity index (χ1n) is 6.35. The van der Waals surface area contributed by atoms with Crippen molar-refractivity contribution in [3.05, 3.63) is 48.2 Å². The topological polar surface area (TPSA) is 68.5 Å². The van der Waals surface area contributed by atoms with Crippen molar-refractivity contribution in [2.24, 2.45) is 0 Å². The second kappa shape index (κ2) is 6.06. The second-order valence-corrected chi connectivity index (χ2v) is 4.21. The Kier molecular flexibility index (Phi) is 4.20. The predicted molar refractivity (Wildman–Crippen MR) is 79.0 cm³/mol. The summed E-state index contributed by atoms with van der Waals surface area (Å²) in [5.74, 6) is 0.800. The van der Waals surface area contributed by atoms with E-state index in [1.165, 1.54) is 4.90 Å². The lowest BCUT2D eigenvalue weighted by Crippen LogP contribution is -2.28. The van der Waals surface area contributed by atoms with Crippen LogP contribution < -0.4 is 15.4 Å². The summed E-state index contributed by atoms with van der Waals surface area (Å²) < 4.78 is 5.48. The summed E-state index contributed by atoms with van der Waals surface area (Å²) in [5, 5.41) is 0. The molecule has 2 aromatic rings. The number of carbonyl (C=O) groups excluding carboxylic acids is 1. The molecule has 0 radical (unpaired) electrons. The number of ether oxygens (including phenoxy) is 1. The summed E-state index contributed by atoms with van der Waals surface area (Å²) in [7, 11) is 1.66. The van der Waals surface area contributed by atoms with E-state index in [0.29, 0.717) is 29.4 Å². The number of hydrogen-bond donors (Lipinski definition) is 1. The Balaban J connectivity index is 2.38. The Morgan fingerprint density at radius 2 is 2.10 bits per heavy atom. The lowest BCUT2D eigenvalue weighted by atomic mass is 10.1. The average molecular weight is 271 g/mol. The SMILES string of the molecule is CCOc1cccc(N)c1C(=O)N(C)c1ccccn1. The maximum Gasteiger partial charge on any atom is 0.265 e. The highest BCUT2D eigenvalue weighted by Crippen LogP contribution is 2.27. The number of hydrogen-bond acceptors (Lipinski definition) is 4. The largest absolute Gasteiger partial charge is 0.493 e. The normalized spacial score (nSPS) is 10.1. The molecule has 0 fully saturated rings. The highest BCUT2D eigenvalue weighted by molar-refractivity contribution is 6.10. The van der Waals surface area contributed by atoms with Gasteiger partial charge in [-0.1, -0.05) is 12.1 Å². The summed E-state index contributed by atoms with van der Waals surface area (Å²) in [6.45, 7) is 2.33. The van der Waals surface area contributed by atoms with Crippen molar-refractivity contribution < 1.29 is 9.53 Å². The monoisotopic (exact) mass is 271 g/mol. The van der Waals surface area contributed by atoms with E-state index in [9.17, 15) is 4.79 Å². The zero-order valence-electron chi connectivity index (χ0n) is 11.5. The van der Waals surface area contributed by atoms with Crippen LogP contribution in [0, 0.1) is 0 Å². The van der Waals surface area contributed by atoms with Crippen molar-refractivity contribution in [3.63, 3.8) is 0 Å². The van der Waals surface area contributed by atoms with Gasteiger partial charge >= 0.3 is 0 Å². The van der Waals surface area contributed by atoms with Gasteiger partial charge in [0.2, 0.25) is 0 Å². The minimum Gasteiger partial charge on any atom is -0.493 e. The molecule has 0 aliphatic heterocycles. The quantitative estimate of drug-likeness (QED) is 0.867. The number of rotatable bonds is 4. The first-order valence-corrected chi connectivity index (χ1v) is 6.35. The van der Waals surface area contributed by atoms with Crippen molar-refractivity contribution in [1.29, 1.82) is 0 Å². The molecule has 20 heavy (non-hydrogen) atoms. The molecule has 0 saturated heterocycles. The fourth-order valence-electron chi connectivity index (χ4n) is 1.88. The number of nitrogens with zero attached hydrogens (tertiary/aromatic N) is 2. The van der Waals surface area contributed by atoms with Crippen LogP contribution in [0.5, 0.6) is 5.75 Å².